The lowest BCUT2D eigenvalue weighted by molar-refractivity contribution is -0.204. The minimum Gasteiger partial charge on any atom is -0.465 e. The molecule has 0 aromatic heterocycles. The predicted molar refractivity (Wildman–Crippen MR) is 95.8 cm³/mol. The topological polar surface area (TPSA) is 29.5 Å². The molecule has 0 amide bonds. The van der Waals surface area contributed by atoms with Gasteiger partial charge in [-0.15, -0.1) is 0 Å². The molecule has 0 spiro atoms. The molecular weight excluding hydrogens is 310 g/mol. The Bertz CT molecular complexity index is 656. The third kappa shape index (κ3) is 1.66. The number of rotatable bonds is 0. The molecule has 6 rings (SSSR count). The van der Waals surface area contributed by atoms with Crippen LogP contribution in [-0.4, -0.2) is 36.6 Å². The highest BCUT2D eigenvalue weighted by Gasteiger charge is 2.73. The van der Waals surface area contributed by atoms with E-state index < -0.39 is 0 Å². The summed E-state index contributed by atoms with van der Waals surface area (Å²) < 4.78 is 5.92. The Labute approximate surface area is 151 Å². The molecule has 3 aliphatic carbocycles. The molecule has 136 valence electrons. The number of carbonyl (C=O) groups is 1. The first kappa shape index (κ1) is 15.2. The van der Waals surface area contributed by atoms with E-state index in [-0.39, 0.29) is 11.4 Å². The first-order chi connectivity index (χ1) is 12.2. The maximum absolute atomic E-state index is 12.4. The molecular formula is C22H31NO2. The van der Waals surface area contributed by atoms with Crippen LogP contribution in [0.4, 0.5) is 0 Å². The lowest BCUT2D eigenvalue weighted by atomic mass is 9.41. The minimum atomic E-state index is 0.0760. The van der Waals surface area contributed by atoms with Crippen molar-refractivity contribution in [2.75, 3.05) is 19.7 Å². The van der Waals surface area contributed by atoms with Gasteiger partial charge in [-0.3, -0.25) is 9.69 Å². The van der Waals surface area contributed by atoms with E-state index in [4.69, 9.17) is 4.74 Å². The molecule has 3 heteroatoms. The number of cyclic esters (lactones) is 1. The molecule has 6 aliphatic rings. The highest BCUT2D eigenvalue weighted by molar-refractivity contribution is 5.70. The van der Waals surface area contributed by atoms with Crippen LogP contribution in [0.15, 0.2) is 11.6 Å². The van der Waals surface area contributed by atoms with Gasteiger partial charge in [-0.1, -0.05) is 18.6 Å². The predicted octanol–water partition coefficient (Wildman–Crippen LogP) is 3.79. The number of hydrogen-bond acceptors (Lipinski definition) is 3. The minimum absolute atomic E-state index is 0.0760. The summed E-state index contributed by atoms with van der Waals surface area (Å²) in [6.45, 7) is 5.79. The van der Waals surface area contributed by atoms with Crippen molar-refractivity contribution < 1.29 is 9.53 Å². The molecule has 3 aliphatic heterocycles. The summed E-state index contributed by atoms with van der Waals surface area (Å²) in [5.74, 6) is 3.21. The van der Waals surface area contributed by atoms with Gasteiger partial charge in [0.15, 0.2) is 0 Å². The average Bonchev–Trinajstić information content (AvgIpc) is 3.14. The van der Waals surface area contributed by atoms with Gasteiger partial charge in [0, 0.05) is 36.4 Å². The van der Waals surface area contributed by atoms with Crippen LogP contribution in [0.1, 0.15) is 58.3 Å². The summed E-state index contributed by atoms with van der Waals surface area (Å²) in [6.07, 6.45) is 12.2. The molecule has 2 saturated carbocycles. The maximum atomic E-state index is 12.4. The van der Waals surface area contributed by atoms with Crippen molar-refractivity contribution in [2.45, 2.75) is 64.3 Å². The zero-order chi connectivity index (χ0) is 16.8. The fourth-order valence-electron chi connectivity index (χ4n) is 8.91. The lowest BCUT2D eigenvalue weighted by Crippen LogP contribution is -2.70. The van der Waals surface area contributed by atoms with E-state index in [0.717, 1.165) is 36.7 Å². The van der Waals surface area contributed by atoms with Crippen LogP contribution in [0.5, 0.6) is 0 Å². The van der Waals surface area contributed by atoms with Crippen molar-refractivity contribution in [3.8, 4) is 0 Å². The SMILES string of the molecule is C[C@H]1CN2C[C@@H]3CCC4=CCC[C@H]4[C@@]45CCC(=O)OC[C@@]34CC[C@@H]1[C@@H]25. The third-order valence-corrected chi connectivity index (χ3v) is 9.61. The second-order valence-corrected chi connectivity index (χ2v) is 10.1. The van der Waals surface area contributed by atoms with E-state index in [1.165, 1.54) is 51.6 Å². The number of esters is 1. The smallest absolute Gasteiger partial charge is 0.305 e. The summed E-state index contributed by atoms with van der Waals surface area (Å²) in [7, 11) is 0. The van der Waals surface area contributed by atoms with E-state index >= 15 is 0 Å². The van der Waals surface area contributed by atoms with Crippen LogP contribution >= 0.6 is 0 Å². The maximum Gasteiger partial charge on any atom is 0.305 e. The molecule has 4 bridgehead atoms. The molecule has 0 radical (unpaired) electrons. The zero-order valence-corrected chi connectivity index (χ0v) is 15.5. The normalized spacial score (nSPS) is 54.0. The van der Waals surface area contributed by atoms with E-state index in [2.05, 4.69) is 17.9 Å². The summed E-state index contributed by atoms with van der Waals surface area (Å²) in [5.41, 5.74) is 2.35. The first-order valence-corrected chi connectivity index (χ1v) is 10.7. The van der Waals surface area contributed by atoms with Crippen molar-refractivity contribution in [1.82, 2.24) is 4.90 Å². The Morgan fingerprint density at radius 3 is 3.00 bits per heavy atom. The zero-order valence-electron chi connectivity index (χ0n) is 15.5. The Balaban J connectivity index is 1.61. The molecule has 0 unspecified atom stereocenters. The van der Waals surface area contributed by atoms with Crippen molar-refractivity contribution in [3.63, 3.8) is 0 Å². The van der Waals surface area contributed by atoms with Crippen molar-refractivity contribution in [3.05, 3.63) is 11.6 Å². The highest BCUT2D eigenvalue weighted by Crippen LogP contribution is 2.73. The fraction of sp³-hybridized carbons (Fsp3) is 0.864. The van der Waals surface area contributed by atoms with Crippen LogP contribution < -0.4 is 0 Å². The van der Waals surface area contributed by atoms with Crippen LogP contribution in [0, 0.1) is 34.5 Å². The van der Waals surface area contributed by atoms with Gasteiger partial charge < -0.3 is 4.74 Å². The Morgan fingerprint density at radius 2 is 2.08 bits per heavy atom. The Kier molecular flexibility index (Phi) is 2.99. The van der Waals surface area contributed by atoms with E-state index in [1.807, 2.05) is 0 Å². The summed E-state index contributed by atoms with van der Waals surface area (Å²) in [4.78, 5) is 15.3. The fourth-order valence-corrected chi connectivity index (χ4v) is 8.91. The molecule has 25 heavy (non-hydrogen) atoms. The Morgan fingerprint density at radius 1 is 1.16 bits per heavy atom. The largest absolute Gasteiger partial charge is 0.465 e. The summed E-state index contributed by atoms with van der Waals surface area (Å²) >= 11 is 0. The molecule has 0 N–H and O–H groups in total. The van der Waals surface area contributed by atoms with Gasteiger partial charge in [0.1, 0.15) is 0 Å². The van der Waals surface area contributed by atoms with Crippen LogP contribution in [0.2, 0.25) is 0 Å². The van der Waals surface area contributed by atoms with Crippen molar-refractivity contribution in [2.24, 2.45) is 34.5 Å². The molecule has 3 saturated heterocycles. The number of fused-ring (bicyclic) bond motifs is 1. The van der Waals surface area contributed by atoms with Crippen molar-refractivity contribution in [1.29, 1.82) is 0 Å². The summed E-state index contributed by atoms with van der Waals surface area (Å²) in [6, 6.07) is 0.714. The molecule has 3 nitrogen and oxygen atoms in total. The first-order valence-electron chi connectivity index (χ1n) is 10.7. The number of piperidine rings is 1. The molecule has 0 aromatic carbocycles. The number of ether oxygens (including phenoxy) is 1. The second-order valence-electron chi connectivity index (χ2n) is 10.1. The van der Waals surface area contributed by atoms with Crippen LogP contribution in [0.25, 0.3) is 0 Å². The van der Waals surface area contributed by atoms with Gasteiger partial charge in [0.05, 0.1) is 6.61 Å². The number of hydrogen-bond donors (Lipinski definition) is 0. The van der Waals surface area contributed by atoms with Gasteiger partial charge in [0.2, 0.25) is 0 Å². The molecule has 7 atom stereocenters. The number of nitrogens with zero attached hydrogens (tertiary/aromatic N) is 1. The standard InChI is InChI=1S/C22H31NO2/c1-14-11-23-12-16-6-5-15-3-2-4-18(15)22-10-8-19(24)25-13-21(16,22)9-7-17(14)20(22)23/h3,14,16-18,20H,2,4-13H2,1H3/t14-,16-,17-,18+,20+,21-,22+/m0/s1. The summed E-state index contributed by atoms with van der Waals surface area (Å²) in [5, 5.41) is 0. The number of carbonyl (C=O) groups excluding carboxylic acids is 1. The third-order valence-electron chi connectivity index (χ3n) is 9.61. The van der Waals surface area contributed by atoms with E-state index in [0.29, 0.717) is 17.9 Å². The average molecular weight is 341 g/mol. The van der Waals surface area contributed by atoms with Gasteiger partial charge in [-0.2, -0.15) is 0 Å². The van der Waals surface area contributed by atoms with Gasteiger partial charge in [-0.05, 0) is 68.6 Å². The number of allylic oxidation sites excluding steroid dienone is 2. The Hall–Kier alpha value is -0.830. The van der Waals surface area contributed by atoms with Crippen LogP contribution in [-0.2, 0) is 9.53 Å². The van der Waals surface area contributed by atoms with Crippen molar-refractivity contribution >= 4 is 5.97 Å². The molecule has 0 aromatic rings. The van der Waals surface area contributed by atoms with Gasteiger partial charge in [0.25, 0.3) is 0 Å². The molecule has 3 heterocycles. The van der Waals surface area contributed by atoms with Gasteiger partial charge in [-0.25, -0.2) is 0 Å². The monoisotopic (exact) mass is 341 g/mol. The second kappa shape index (κ2) is 4.91. The quantitative estimate of drug-likeness (QED) is 0.496. The van der Waals surface area contributed by atoms with Crippen LogP contribution in [0.3, 0.4) is 0 Å². The van der Waals surface area contributed by atoms with E-state index in [9.17, 15) is 4.79 Å². The van der Waals surface area contributed by atoms with Gasteiger partial charge >= 0.3 is 5.97 Å². The lowest BCUT2D eigenvalue weighted by Gasteiger charge is -2.67. The highest BCUT2D eigenvalue weighted by atomic mass is 16.5. The van der Waals surface area contributed by atoms with E-state index in [1.54, 1.807) is 5.57 Å². The molecule has 5 fully saturated rings.